The van der Waals surface area contributed by atoms with Crippen molar-refractivity contribution in [1.29, 1.82) is 5.26 Å². The van der Waals surface area contributed by atoms with Crippen LogP contribution >= 0.6 is 0 Å². The highest BCUT2D eigenvalue weighted by atomic mass is 16.1. The maximum absolute atomic E-state index is 10.4. The van der Waals surface area contributed by atoms with Crippen molar-refractivity contribution >= 4 is 0 Å². The smallest absolute Gasteiger partial charge is 0.201 e. The lowest BCUT2D eigenvalue weighted by atomic mass is 10.4. The molecule has 0 aliphatic carbocycles. The Kier molecular flexibility index (Phi) is 1.28. The second-order valence-electron chi connectivity index (χ2n) is 1.44. The highest BCUT2D eigenvalue weighted by Crippen LogP contribution is 1.78. The summed E-state index contributed by atoms with van der Waals surface area (Å²) in [6.45, 7) is 0. The van der Waals surface area contributed by atoms with Crippen molar-refractivity contribution in [3.8, 4) is 6.07 Å². The van der Waals surface area contributed by atoms with Crippen molar-refractivity contribution in [1.82, 2.24) is 10.2 Å². The van der Waals surface area contributed by atoms with Gasteiger partial charge in [0.25, 0.3) is 0 Å². The van der Waals surface area contributed by atoms with Crippen molar-refractivity contribution in [2.75, 3.05) is 0 Å². The van der Waals surface area contributed by atoms with Gasteiger partial charge in [0.05, 0.1) is 6.20 Å². The fourth-order valence-corrected chi connectivity index (χ4v) is 0.435. The Morgan fingerprint density at radius 1 is 1.78 bits per heavy atom. The van der Waals surface area contributed by atoms with E-state index in [1.165, 1.54) is 6.07 Å². The number of H-pyrrole nitrogens is 1. The first-order valence-electron chi connectivity index (χ1n) is 2.28. The molecule has 0 amide bonds. The number of hydrogen-bond acceptors (Lipinski definition) is 3. The van der Waals surface area contributed by atoms with Crippen LogP contribution in [0.25, 0.3) is 0 Å². The lowest BCUT2D eigenvalue weighted by Crippen LogP contribution is -2.01. The van der Waals surface area contributed by atoms with Gasteiger partial charge >= 0.3 is 0 Å². The molecule has 4 heteroatoms. The molecule has 1 rings (SSSR count). The van der Waals surface area contributed by atoms with Crippen LogP contribution < -0.4 is 5.43 Å². The first-order valence-corrected chi connectivity index (χ1v) is 2.28. The van der Waals surface area contributed by atoms with Gasteiger partial charge in [0.1, 0.15) is 11.8 Å². The Balaban J connectivity index is 3.28. The maximum Gasteiger partial charge on any atom is 0.201 e. The predicted octanol–water partition coefficient (Wildman–Crippen LogP) is -0.358. The first-order chi connectivity index (χ1) is 4.33. The van der Waals surface area contributed by atoms with E-state index in [4.69, 9.17) is 5.26 Å². The normalized spacial score (nSPS) is 8.33. The van der Waals surface area contributed by atoms with Crippen molar-refractivity contribution in [2.45, 2.75) is 0 Å². The van der Waals surface area contributed by atoms with Gasteiger partial charge in [0.2, 0.25) is 5.43 Å². The number of hydrogen-bond donors (Lipinski definition) is 1. The molecule has 0 bridgehead atoms. The number of nitrogens with zero attached hydrogens (tertiary/aromatic N) is 2. The van der Waals surface area contributed by atoms with Crippen LogP contribution in [-0.4, -0.2) is 10.2 Å². The quantitative estimate of drug-likeness (QED) is 0.509. The molecule has 4 nitrogen and oxygen atoms in total. The summed E-state index contributed by atoms with van der Waals surface area (Å²) in [5.74, 6) is 0. The van der Waals surface area contributed by atoms with Crippen LogP contribution in [0.1, 0.15) is 5.69 Å². The summed E-state index contributed by atoms with van der Waals surface area (Å²) in [6.07, 6.45) is 1.11. The van der Waals surface area contributed by atoms with Crippen LogP contribution in [-0.2, 0) is 0 Å². The van der Waals surface area contributed by atoms with E-state index >= 15 is 0 Å². The average Bonchev–Trinajstić information content (AvgIpc) is 1.88. The van der Waals surface area contributed by atoms with E-state index in [1.807, 2.05) is 0 Å². The summed E-state index contributed by atoms with van der Waals surface area (Å²) in [5, 5.41) is 13.9. The van der Waals surface area contributed by atoms with Gasteiger partial charge in [-0.25, -0.2) is 0 Å². The van der Waals surface area contributed by atoms with Crippen LogP contribution in [0.15, 0.2) is 17.1 Å². The highest BCUT2D eigenvalue weighted by molar-refractivity contribution is 5.16. The summed E-state index contributed by atoms with van der Waals surface area (Å²) in [5.41, 5.74) is -0.0761. The van der Waals surface area contributed by atoms with Gasteiger partial charge in [-0.2, -0.15) is 10.4 Å². The highest BCUT2D eigenvalue weighted by Gasteiger charge is 1.87. The van der Waals surface area contributed by atoms with E-state index in [2.05, 4.69) is 10.2 Å². The summed E-state index contributed by atoms with van der Waals surface area (Å²) >= 11 is 0. The number of aromatic nitrogens is 2. The molecule has 1 aromatic rings. The fraction of sp³-hybridized carbons (Fsp3) is 0. The Morgan fingerprint density at radius 3 is 3.00 bits per heavy atom. The molecule has 1 aromatic heterocycles. The van der Waals surface area contributed by atoms with E-state index < -0.39 is 0 Å². The zero-order valence-corrected chi connectivity index (χ0v) is 4.46. The number of nitrogens with one attached hydrogen (secondary N) is 1. The third kappa shape index (κ3) is 1.13. The molecule has 0 saturated heterocycles. The van der Waals surface area contributed by atoms with Gasteiger partial charge in [0.15, 0.2) is 0 Å². The second-order valence-corrected chi connectivity index (χ2v) is 1.44. The van der Waals surface area contributed by atoms with Crippen molar-refractivity contribution in [2.24, 2.45) is 0 Å². The lowest BCUT2D eigenvalue weighted by molar-refractivity contribution is 0.996. The molecule has 0 unspecified atom stereocenters. The van der Waals surface area contributed by atoms with Gasteiger partial charge < -0.3 is 0 Å². The molecular formula is C5H3N3O. The fourth-order valence-electron chi connectivity index (χ4n) is 0.435. The van der Waals surface area contributed by atoms with Crippen molar-refractivity contribution in [3.63, 3.8) is 0 Å². The zero-order chi connectivity index (χ0) is 6.69. The van der Waals surface area contributed by atoms with E-state index in [0.29, 0.717) is 0 Å². The summed E-state index contributed by atoms with van der Waals surface area (Å²) in [6, 6.07) is 2.94. The summed E-state index contributed by atoms with van der Waals surface area (Å²) < 4.78 is 0. The van der Waals surface area contributed by atoms with E-state index in [-0.39, 0.29) is 11.1 Å². The molecule has 0 aliphatic heterocycles. The minimum Gasteiger partial charge on any atom is -0.288 e. The SMILES string of the molecule is N#Cc1cc(=O)cn[nH]1. The Morgan fingerprint density at radius 2 is 2.56 bits per heavy atom. The third-order valence-electron chi connectivity index (χ3n) is 0.784. The van der Waals surface area contributed by atoms with Crippen LogP contribution in [0.4, 0.5) is 0 Å². The Hall–Kier alpha value is -1.63. The standard InChI is InChI=1S/C5H3N3O/c6-2-4-1-5(9)3-7-8-4/h1,3H,(H,8,9). The van der Waals surface area contributed by atoms with Crippen molar-refractivity contribution < 1.29 is 0 Å². The number of nitriles is 1. The summed E-state index contributed by atoms with van der Waals surface area (Å²) in [7, 11) is 0. The average molecular weight is 121 g/mol. The molecule has 0 atom stereocenters. The molecular weight excluding hydrogens is 118 g/mol. The van der Waals surface area contributed by atoms with Crippen LogP contribution in [0, 0.1) is 11.3 Å². The van der Waals surface area contributed by atoms with Gasteiger partial charge in [-0.05, 0) is 0 Å². The predicted molar refractivity (Wildman–Crippen MR) is 29.6 cm³/mol. The maximum atomic E-state index is 10.4. The van der Waals surface area contributed by atoms with Crippen LogP contribution in [0.2, 0.25) is 0 Å². The van der Waals surface area contributed by atoms with Gasteiger partial charge in [-0.3, -0.25) is 9.89 Å². The Labute approximate surface area is 50.8 Å². The van der Waals surface area contributed by atoms with E-state index in [0.717, 1.165) is 6.20 Å². The topological polar surface area (TPSA) is 69.5 Å². The second kappa shape index (κ2) is 2.09. The molecule has 0 aliphatic rings. The molecule has 0 radical (unpaired) electrons. The lowest BCUT2D eigenvalue weighted by Gasteiger charge is -1.81. The van der Waals surface area contributed by atoms with Crippen LogP contribution in [0.3, 0.4) is 0 Å². The minimum absolute atomic E-state index is 0.183. The van der Waals surface area contributed by atoms with Crippen LogP contribution in [0.5, 0.6) is 0 Å². The zero-order valence-electron chi connectivity index (χ0n) is 4.46. The monoisotopic (exact) mass is 121 g/mol. The first kappa shape index (κ1) is 5.51. The molecule has 0 saturated carbocycles. The van der Waals surface area contributed by atoms with Gasteiger partial charge in [-0.1, -0.05) is 0 Å². The van der Waals surface area contributed by atoms with Gasteiger partial charge in [0, 0.05) is 6.07 Å². The van der Waals surface area contributed by atoms with E-state index in [1.54, 1.807) is 6.07 Å². The Bertz CT molecular complexity index is 296. The molecule has 0 spiro atoms. The largest absolute Gasteiger partial charge is 0.288 e. The molecule has 1 N–H and O–H groups in total. The third-order valence-corrected chi connectivity index (χ3v) is 0.784. The minimum atomic E-state index is -0.259. The van der Waals surface area contributed by atoms with Crippen molar-refractivity contribution in [3.05, 3.63) is 28.2 Å². The number of rotatable bonds is 0. The molecule has 9 heavy (non-hydrogen) atoms. The van der Waals surface area contributed by atoms with Gasteiger partial charge in [-0.15, -0.1) is 0 Å². The molecule has 0 aromatic carbocycles. The van der Waals surface area contributed by atoms with E-state index in [9.17, 15) is 4.79 Å². The number of aromatic amines is 1. The molecule has 1 heterocycles. The summed E-state index contributed by atoms with van der Waals surface area (Å²) in [4.78, 5) is 10.4. The molecule has 0 fully saturated rings. The molecule has 44 valence electrons.